The molecule has 0 aliphatic carbocycles. The lowest BCUT2D eigenvalue weighted by Gasteiger charge is -2.32. The second kappa shape index (κ2) is 10.3. The number of likely N-dealkylation sites (N-methyl/N-ethyl adjacent to an activating group) is 1. The average Bonchev–Trinajstić information content (AvgIpc) is 3.25. The van der Waals surface area contributed by atoms with Crippen molar-refractivity contribution < 1.29 is 22.7 Å². The summed E-state index contributed by atoms with van der Waals surface area (Å²) in [5.41, 5.74) is 0.0334. The number of halogens is 3. The van der Waals surface area contributed by atoms with Gasteiger partial charge in [-0.05, 0) is 45.1 Å². The highest BCUT2D eigenvalue weighted by molar-refractivity contribution is 5.97. The second-order valence-corrected chi connectivity index (χ2v) is 9.21. The van der Waals surface area contributed by atoms with E-state index in [1.807, 2.05) is 16.9 Å². The molecular weight excluding hydrogens is 459 g/mol. The molecular formula is C25H30F3N5O2. The number of aromatic nitrogens is 3. The lowest BCUT2D eigenvalue weighted by Crippen LogP contribution is -2.38. The molecule has 1 aliphatic heterocycles. The summed E-state index contributed by atoms with van der Waals surface area (Å²) < 4.78 is 46.4. The van der Waals surface area contributed by atoms with Gasteiger partial charge in [0.25, 0.3) is 0 Å². The smallest absolute Gasteiger partial charge is 0.433 e. The van der Waals surface area contributed by atoms with Crippen molar-refractivity contribution in [3.8, 4) is 5.75 Å². The molecule has 2 aromatic heterocycles. The minimum Gasteiger partial charge on any atom is -0.496 e. The van der Waals surface area contributed by atoms with Crippen molar-refractivity contribution in [2.75, 3.05) is 47.4 Å². The van der Waals surface area contributed by atoms with Crippen LogP contribution in [0.1, 0.15) is 40.6 Å². The number of hydrogen-bond acceptors (Lipinski definition) is 6. The molecule has 3 heterocycles. The van der Waals surface area contributed by atoms with Crippen LogP contribution in [-0.2, 0) is 12.6 Å². The number of methoxy groups -OCH3 is 1. The second-order valence-electron chi connectivity index (χ2n) is 9.21. The zero-order valence-corrected chi connectivity index (χ0v) is 20.2. The van der Waals surface area contributed by atoms with E-state index in [0.29, 0.717) is 17.4 Å². The van der Waals surface area contributed by atoms with Crippen molar-refractivity contribution in [2.45, 2.75) is 31.5 Å². The quantitative estimate of drug-likeness (QED) is 0.445. The van der Waals surface area contributed by atoms with Crippen LogP contribution < -0.4 is 4.74 Å². The molecule has 10 heteroatoms. The van der Waals surface area contributed by atoms with E-state index >= 15 is 0 Å². The Kier molecular flexibility index (Phi) is 7.42. The normalized spacial score (nSPS) is 15.7. The van der Waals surface area contributed by atoms with Crippen molar-refractivity contribution in [3.05, 3.63) is 53.5 Å². The number of Topliss-reactive ketones (excluding diaryl/α,β-unsaturated/α-hetero) is 1. The first-order chi connectivity index (χ1) is 16.6. The number of fused-ring (bicyclic) bond motifs is 1. The van der Waals surface area contributed by atoms with E-state index in [9.17, 15) is 18.0 Å². The van der Waals surface area contributed by atoms with E-state index in [1.165, 1.54) is 19.2 Å². The Morgan fingerprint density at radius 1 is 1.20 bits per heavy atom. The van der Waals surface area contributed by atoms with Crippen LogP contribution in [0.5, 0.6) is 5.75 Å². The topological polar surface area (TPSA) is 63.5 Å². The van der Waals surface area contributed by atoms with Gasteiger partial charge < -0.3 is 14.5 Å². The number of likely N-dealkylation sites (tertiary alicyclic amines) is 1. The Hall–Kier alpha value is -2.98. The lowest BCUT2D eigenvalue weighted by molar-refractivity contribution is -0.141. The fraction of sp³-hybridized carbons (Fsp3) is 0.480. The minimum atomic E-state index is -4.61. The van der Waals surface area contributed by atoms with Gasteiger partial charge in [-0.2, -0.15) is 18.3 Å². The van der Waals surface area contributed by atoms with Gasteiger partial charge >= 0.3 is 6.18 Å². The maximum atomic E-state index is 13.0. The summed E-state index contributed by atoms with van der Waals surface area (Å²) in [6, 6.07) is 7.24. The number of hydrogen-bond donors (Lipinski definition) is 0. The molecule has 0 amide bonds. The van der Waals surface area contributed by atoms with E-state index in [0.717, 1.165) is 56.0 Å². The number of pyridine rings is 1. The Morgan fingerprint density at radius 3 is 2.60 bits per heavy atom. The minimum absolute atomic E-state index is 0.122. The number of piperidine rings is 1. The van der Waals surface area contributed by atoms with Gasteiger partial charge in [-0.15, -0.1) is 0 Å². The molecule has 1 aromatic carbocycles. The largest absolute Gasteiger partial charge is 0.496 e. The van der Waals surface area contributed by atoms with Crippen molar-refractivity contribution in [3.63, 3.8) is 0 Å². The molecule has 1 saturated heterocycles. The monoisotopic (exact) mass is 489 g/mol. The predicted octanol–water partition coefficient (Wildman–Crippen LogP) is 4.08. The number of ether oxygens (including phenoxy) is 1. The van der Waals surface area contributed by atoms with E-state index in [1.54, 1.807) is 6.07 Å². The molecule has 0 unspecified atom stereocenters. The van der Waals surface area contributed by atoms with Crippen LogP contribution in [0, 0.1) is 0 Å². The van der Waals surface area contributed by atoms with Crippen LogP contribution in [-0.4, -0.2) is 77.7 Å². The standard InChI is InChI=1S/C25H30F3N5O2/c1-31(2)11-12-32-9-7-19(8-10-32)33-16-18-13-17(23(35-3)15-21(18)30-33)14-22(34)20-5-4-6-24(29-20)25(26,27)28/h4-6,13,15-16,19H,7-12,14H2,1-3H3. The SMILES string of the molecule is COc1cc2nn(C3CCN(CCN(C)C)CC3)cc2cc1CC(=O)c1cccc(C(F)(F)F)n1. The molecule has 0 bridgehead atoms. The molecule has 1 aliphatic rings. The van der Waals surface area contributed by atoms with Crippen LogP contribution in [0.15, 0.2) is 36.5 Å². The maximum absolute atomic E-state index is 13.0. The lowest BCUT2D eigenvalue weighted by atomic mass is 10.0. The molecule has 1 fully saturated rings. The number of ketones is 1. The van der Waals surface area contributed by atoms with Crippen LogP contribution in [0.2, 0.25) is 0 Å². The highest BCUT2D eigenvalue weighted by atomic mass is 19.4. The molecule has 0 radical (unpaired) electrons. The highest BCUT2D eigenvalue weighted by Gasteiger charge is 2.33. The van der Waals surface area contributed by atoms with Gasteiger partial charge in [0.15, 0.2) is 5.78 Å². The summed E-state index contributed by atoms with van der Waals surface area (Å²) in [6.07, 6.45) is -0.742. The van der Waals surface area contributed by atoms with Crippen LogP contribution >= 0.6 is 0 Å². The van der Waals surface area contributed by atoms with Gasteiger partial charge in [0, 0.05) is 55.8 Å². The summed E-state index contributed by atoms with van der Waals surface area (Å²) in [4.78, 5) is 20.9. The Labute approximate surface area is 202 Å². The predicted molar refractivity (Wildman–Crippen MR) is 127 cm³/mol. The molecule has 188 valence electrons. The van der Waals surface area contributed by atoms with Crippen LogP contribution in [0.3, 0.4) is 0 Å². The number of nitrogens with zero attached hydrogens (tertiary/aromatic N) is 5. The van der Waals surface area contributed by atoms with Crippen LogP contribution in [0.25, 0.3) is 10.9 Å². The number of carbonyl (C=O) groups excluding carboxylic acids is 1. The number of rotatable bonds is 8. The first-order valence-corrected chi connectivity index (χ1v) is 11.6. The summed E-state index contributed by atoms with van der Waals surface area (Å²) in [5, 5.41) is 5.61. The molecule has 3 aromatic rings. The fourth-order valence-corrected chi connectivity index (χ4v) is 4.39. The molecule has 35 heavy (non-hydrogen) atoms. The van der Waals surface area contributed by atoms with E-state index in [-0.39, 0.29) is 12.1 Å². The number of benzene rings is 1. The number of alkyl halides is 3. The van der Waals surface area contributed by atoms with Gasteiger partial charge in [0.2, 0.25) is 0 Å². The van der Waals surface area contributed by atoms with Crippen molar-refractivity contribution >= 4 is 16.7 Å². The summed E-state index contributed by atoms with van der Waals surface area (Å²) >= 11 is 0. The average molecular weight is 490 g/mol. The third-order valence-corrected chi connectivity index (χ3v) is 6.40. The summed E-state index contributed by atoms with van der Waals surface area (Å²) in [6.45, 7) is 4.12. The zero-order chi connectivity index (χ0) is 25.2. The zero-order valence-electron chi connectivity index (χ0n) is 20.2. The van der Waals surface area contributed by atoms with E-state index < -0.39 is 17.7 Å². The first kappa shape index (κ1) is 25.1. The van der Waals surface area contributed by atoms with Crippen LogP contribution in [0.4, 0.5) is 13.2 Å². The van der Waals surface area contributed by atoms with Crippen molar-refractivity contribution in [1.29, 1.82) is 0 Å². The van der Waals surface area contributed by atoms with E-state index in [4.69, 9.17) is 9.84 Å². The third-order valence-electron chi connectivity index (χ3n) is 6.40. The molecule has 0 N–H and O–H groups in total. The molecule has 4 rings (SSSR count). The molecule has 0 spiro atoms. The first-order valence-electron chi connectivity index (χ1n) is 11.6. The molecule has 0 atom stereocenters. The summed E-state index contributed by atoms with van der Waals surface area (Å²) in [7, 11) is 5.65. The van der Waals surface area contributed by atoms with Gasteiger partial charge in [-0.1, -0.05) is 6.07 Å². The van der Waals surface area contributed by atoms with Crippen molar-refractivity contribution in [2.24, 2.45) is 0 Å². The van der Waals surface area contributed by atoms with Gasteiger partial charge in [0.05, 0.1) is 18.7 Å². The Bertz CT molecular complexity index is 1180. The van der Waals surface area contributed by atoms with Crippen molar-refractivity contribution in [1.82, 2.24) is 24.6 Å². The van der Waals surface area contributed by atoms with E-state index in [2.05, 4.69) is 28.9 Å². The maximum Gasteiger partial charge on any atom is 0.433 e. The number of carbonyl (C=O) groups is 1. The van der Waals surface area contributed by atoms with Gasteiger partial charge in [0.1, 0.15) is 17.1 Å². The van der Waals surface area contributed by atoms with Gasteiger partial charge in [-0.3, -0.25) is 9.48 Å². The Morgan fingerprint density at radius 2 is 1.94 bits per heavy atom. The summed E-state index contributed by atoms with van der Waals surface area (Å²) in [5.74, 6) is -0.0344. The van der Waals surface area contributed by atoms with Gasteiger partial charge in [-0.25, -0.2) is 4.98 Å². The molecule has 0 saturated carbocycles. The Balaban J connectivity index is 1.50. The molecule has 7 nitrogen and oxygen atoms in total. The third kappa shape index (κ3) is 5.99. The fourth-order valence-electron chi connectivity index (χ4n) is 4.39. The highest BCUT2D eigenvalue weighted by Crippen LogP contribution is 2.30.